The van der Waals surface area contributed by atoms with Crippen LogP contribution in [-0.2, 0) is 6.42 Å². The zero-order valence-electron chi connectivity index (χ0n) is 10.6. The molecule has 0 radical (unpaired) electrons. The first-order valence-electron chi connectivity index (χ1n) is 6.08. The van der Waals surface area contributed by atoms with E-state index in [-0.39, 0.29) is 0 Å². The normalized spacial score (nSPS) is 12.8. The van der Waals surface area contributed by atoms with Gasteiger partial charge < -0.3 is 5.32 Å². The van der Waals surface area contributed by atoms with E-state index >= 15 is 0 Å². The first-order chi connectivity index (χ1) is 8.69. The second-order valence-electron chi connectivity index (χ2n) is 4.21. The number of thiazole rings is 1. The van der Waals surface area contributed by atoms with Crippen LogP contribution in [0.5, 0.6) is 0 Å². The average Bonchev–Trinajstić information content (AvgIpc) is 2.93. The molecule has 0 saturated carbocycles. The highest BCUT2D eigenvalue weighted by Crippen LogP contribution is 2.27. The van der Waals surface area contributed by atoms with Gasteiger partial charge in [-0.1, -0.05) is 6.92 Å². The van der Waals surface area contributed by atoms with E-state index in [9.17, 15) is 0 Å². The maximum absolute atomic E-state index is 4.62. The molecule has 1 unspecified atom stereocenters. The van der Waals surface area contributed by atoms with Crippen LogP contribution in [0.4, 0.5) is 0 Å². The van der Waals surface area contributed by atoms with E-state index < -0.39 is 0 Å². The topological polar surface area (TPSA) is 24.9 Å². The van der Waals surface area contributed by atoms with E-state index in [2.05, 4.69) is 57.6 Å². The van der Waals surface area contributed by atoms with E-state index in [1.807, 2.05) is 0 Å². The van der Waals surface area contributed by atoms with Crippen LogP contribution in [0.3, 0.4) is 0 Å². The molecule has 0 aliphatic heterocycles. The van der Waals surface area contributed by atoms with Crippen molar-refractivity contribution in [3.05, 3.63) is 36.9 Å². The molecule has 2 rings (SSSR count). The van der Waals surface area contributed by atoms with Gasteiger partial charge in [0.05, 0.1) is 20.5 Å². The molecule has 2 aromatic rings. The van der Waals surface area contributed by atoms with Gasteiger partial charge in [-0.15, -0.1) is 22.7 Å². The fourth-order valence-electron chi connectivity index (χ4n) is 1.80. The summed E-state index contributed by atoms with van der Waals surface area (Å²) in [6, 6.07) is 4.64. The molecule has 1 atom stereocenters. The maximum atomic E-state index is 4.62. The van der Waals surface area contributed by atoms with Crippen molar-refractivity contribution in [1.82, 2.24) is 10.3 Å². The molecule has 98 valence electrons. The van der Waals surface area contributed by atoms with Crippen LogP contribution < -0.4 is 5.32 Å². The lowest BCUT2D eigenvalue weighted by Gasteiger charge is -2.15. The highest BCUT2D eigenvalue weighted by molar-refractivity contribution is 9.11. The predicted molar refractivity (Wildman–Crippen MR) is 83.6 cm³/mol. The van der Waals surface area contributed by atoms with Gasteiger partial charge in [0.15, 0.2) is 0 Å². The van der Waals surface area contributed by atoms with Crippen molar-refractivity contribution in [2.75, 3.05) is 6.54 Å². The Morgan fingerprint density at radius 3 is 2.83 bits per heavy atom. The third kappa shape index (κ3) is 3.88. The number of aryl methyl sites for hydroxylation is 1. The molecule has 0 fully saturated rings. The molecular formula is C13H17BrN2S2. The fraction of sp³-hybridized carbons (Fsp3) is 0.462. The summed E-state index contributed by atoms with van der Waals surface area (Å²) in [5, 5.41) is 6.90. The Balaban J connectivity index is 2.09. The first kappa shape index (κ1) is 14.2. The van der Waals surface area contributed by atoms with Gasteiger partial charge in [0.2, 0.25) is 0 Å². The number of hydrogen-bond donors (Lipinski definition) is 1. The summed E-state index contributed by atoms with van der Waals surface area (Å²) < 4.78 is 1.20. The van der Waals surface area contributed by atoms with Gasteiger partial charge >= 0.3 is 0 Å². The summed E-state index contributed by atoms with van der Waals surface area (Å²) in [6.07, 6.45) is 2.16. The van der Waals surface area contributed by atoms with E-state index in [1.54, 1.807) is 22.7 Å². The van der Waals surface area contributed by atoms with Gasteiger partial charge in [-0.05, 0) is 48.0 Å². The summed E-state index contributed by atoms with van der Waals surface area (Å²) in [4.78, 5) is 6.01. The minimum Gasteiger partial charge on any atom is -0.308 e. The molecular weight excluding hydrogens is 328 g/mol. The smallest absolute Gasteiger partial charge is 0.0898 e. The molecule has 1 N–H and O–H groups in total. The SMILES string of the molecule is CCCNC(Cc1ccc(Br)s1)c1csc(C)n1. The lowest BCUT2D eigenvalue weighted by Crippen LogP contribution is -2.24. The third-order valence-corrected chi connectivity index (χ3v) is 5.11. The molecule has 5 heteroatoms. The van der Waals surface area contributed by atoms with Gasteiger partial charge in [-0.2, -0.15) is 0 Å². The minimum absolute atomic E-state index is 0.334. The Morgan fingerprint density at radius 1 is 1.44 bits per heavy atom. The quantitative estimate of drug-likeness (QED) is 0.830. The van der Waals surface area contributed by atoms with Crippen LogP contribution in [0.15, 0.2) is 21.3 Å². The Labute approximate surface area is 125 Å². The Hall–Kier alpha value is -0.230. The molecule has 0 saturated heterocycles. The highest BCUT2D eigenvalue weighted by Gasteiger charge is 2.15. The first-order valence-corrected chi connectivity index (χ1v) is 8.57. The van der Waals surface area contributed by atoms with E-state index in [0.717, 1.165) is 24.4 Å². The van der Waals surface area contributed by atoms with E-state index in [0.29, 0.717) is 6.04 Å². The van der Waals surface area contributed by atoms with Gasteiger partial charge in [-0.3, -0.25) is 0 Å². The van der Waals surface area contributed by atoms with Crippen LogP contribution in [-0.4, -0.2) is 11.5 Å². The number of nitrogens with zero attached hydrogens (tertiary/aromatic N) is 1. The largest absolute Gasteiger partial charge is 0.308 e. The molecule has 0 aromatic carbocycles. The molecule has 0 bridgehead atoms. The summed E-state index contributed by atoms with van der Waals surface area (Å²) in [6.45, 7) is 5.29. The summed E-state index contributed by atoms with van der Waals surface area (Å²) >= 11 is 7.05. The second kappa shape index (κ2) is 6.80. The fourth-order valence-corrected chi connectivity index (χ4v) is 4.00. The van der Waals surface area contributed by atoms with Gasteiger partial charge in [0.25, 0.3) is 0 Å². The Bertz CT molecular complexity index is 493. The number of thiophene rings is 1. The van der Waals surface area contributed by atoms with Gasteiger partial charge in [0.1, 0.15) is 0 Å². The predicted octanol–water partition coefficient (Wildman–Crippen LogP) is 4.56. The molecule has 0 amide bonds. The minimum atomic E-state index is 0.334. The number of nitrogens with one attached hydrogen (secondary N) is 1. The lowest BCUT2D eigenvalue weighted by atomic mass is 10.1. The van der Waals surface area contributed by atoms with Crippen LogP contribution in [0.2, 0.25) is 0 Å². The standard InChI is InChI=1S/C13H17BrN2S2/c1-3-6-15-11(12-8-17-9(2)16-12)7-10-4-5-13(14)18-10/h4-5,8,11,15H,3,6-7H2,1-2H3. The van der Waals surface area contributed by atoms with E-state index in [1.165, 1.54) is 14.4 Å². The second-order valence-corrected chi connectivity index (χ2v) is 7.82. The Kier molecular flexibility index (Phi) is 5.36. The molecule has 18 heavy (non-hydrogen) atoms. The summed E-state index contributed by atoms with van der Waals surface area (Å²) in [5.41, 5.74) is 1.18. The van der Waals surface area contributed by atoms with Crippen molar-refractivity contribution in [2.45, 2.75) is 32.7 Å². The number of aromatic nitrogens is 1. The van der Waals surface area contributed by atoms with Crippen LogP contribution in [0, 0.1) is 6.92 Å². The molecule has 2 heterocycles. The van der Waals surface area contributed by atoms with Crippen LogP contribution >= 0.6 is 38.6 Å². The van der Waals surface area contributed by atoms with Crippen LogP contribution in [0.1, 0.15) is 35.0 Å². The van der Waals surface area contributed by atoms with Gasteiger partial charge in [-0.25, -0.2) is 4.98 Å². The van der Waals surface area contributed by atoms with Crippen molar-refractivity contribution >= 4 is 38.6 Å². The summed E-state index contributed by atoms with van der Waals surface area (Å²) in [5.74, 6) is 0. The van der Waals surface area contributed by atoms with Crippen LogP contribution in [0.25, 0.3) is 0 Å². The number of rotatable bonds is 6. The van der Waals surface area contributed by atoms with Crippen molar-refractivity contribution in [2.24, 2.45) is 0 Å². The number of halogens is 1. The van der Waals surface area contributed by atoms with Crippen molar-refractivity contribution in [3.8, 4) is 0 Å². The zero-order valence-corrected chi connectivity index (χ0v) is 13.8. The molecule has 2 nitrogen and oxygen atoms in total. The maximum Gasteiger partial charge on any atom is 0.0898 e. The number of hydrogen-bond acceptors (Lipinski definition) is 4. The monoisotopic (exact) mass is 344 g/mol. The average molecular weight is 345 g/mol. The van der Waals surface area contributed by atoms with Gasteiger partial charge in [0, 0.05) is 16.7 Å². The van der Waals surface area contributed by atoms with E-state index in [4.69, 9.17) is 0 Å². The zero-order chi connectivity index (χ0) is 13.0. The third-order valence-electron chi connectivity index (χ3n) is 2.67. The molecule has 0 spiro atoms. The van der Waals surface area contributed by atoms with Crippen molar-refractivity contribution < 1.29 is 0 Å². The van der Waals surface area contributed by atoms with Crippen molar-refractivity contribution in [1.29, 1.82) is 0 Å². The summed E-state index contributed by atoms with van der Waals surface area (Å²) in [7, 11) is 0. The Morgan fingerprint density at radius 2 is 2.28 bits per heavy atom. The lowest BCUT2D eigenvalue weighted by molar-refractivity contribution is 0.522. The molecule has 0 aliphatic rings. The highest BCUT2D eigenvalue weighted by atomic mass is 79.9. The van der Waals surface area contributed by atoms with Crippen molar-refractivity contribution in [3.63, 3.8) is 0 Å². The molecule has 0 aliphatic carbocycles. The molecule has 2 aromatic heterocycles.